The molecule has 98 valence electrons. The number of rotatable bonds is 4. The molecule has 2 rings (SSSR count). The number of benzene rings is 1. The molecule has 0 saturated heterocycles. The minimum Gasteiger partial charge on any atom is -0.352 e. The van der Waals surface area contributed by atoms with E-state index in [2.05, 4.69) is 26.2 Å². The summed E-state index contributed by atoms with van der Waals surface area (Å²) in [5.74, 6) is -0.171. The van der Waals surface area contributed by atoms with Crippen molar-refractivity contribution in [3.8, 4) is 0 Å². The molecule has 0 unspecified atom stereocenters. The molecule has 0 atom stereocenters. The van der Waals surface area contributed by atoms with Gasteiger partial charge < -0.3 is 5.32 Å². The molecule has 1 heterocycles. The zero-order valence-electron chi connectivity index (χ0n) is 10.1. The Bertz CT molecular complexity index is 575. The van der Waals surface area contributed by atoms with Crippen molar-refractivity contribution in [1.82, 2.24) is 10.3 Å². The first kappa shape index (κ1) is 14.0. The van der Waals surface area contributed by atoms with Gasteiger partial charge in [-0.15, -0.1) is 0 Å². The smallest absolute Gasteiger partial charge is 0.252 e. The molecule has 0 aliphatic carbocycles. The summed E-state index contributed by atoms with van der Waals surface area (Å²) in [6, 6.07) is 9.14. The molecule has 0 bridgehead atoms. The summed E-state index contributed by atoms with van der Waals surface area (Å²) in [6.45, 7) is 0.549. The topological polar surface area (TPSA) is 42.0 Å². The van der Waals surface area contributed by atoms with Gasteiger partial charge in [0, 0.05) is 23.4 Å². The highest BCUT2D eigenvalue weighted by molar-refractivity contribution is 9.10. The van der Waals surface area contributed by atoms with E-state index in [1.165, 1.54) is 0 Å². The molecule has 1 aromatic heterocycles. The van der Waals surface area contributed by atoms with Gasteiger partial charge in [-0.1, -0.05) is 23.7 Å². The number of nitrogens with one attached hydrogen (secondary N) is 1. The summed E-state index contributed by atoms with van der Waals surface area (Å²) in [5, 5.41) is 3.28. The number of aromatic nitrogens is 1. The molecular weight excluding hydrogens is 328 g/mol. The van der Waals surface area contributed by atoms with Crippen LogP contribution in [0.1, 0.15) is 15.9 Å². The van der Waals surface area contributed by atoms with Crippen molar-refractivity contribution in [2.24, 2.45) is 0 Å². The lowest BCUT2D eigenvalue weighted by molar-refractivity contribution is 0.0954. The molecular formula is C14H12BrClN2O. The Morgan fingerprint density at radius 3 is 2.89 bits per heavy atom. The number of nitrogens with zero attached hydrogens (tertiary/aromatic N) is 1. The van der Waals surface area contributed by atoms with Gasteiger partial charge in [-0.2, -0.15) is 0 Å². The highest BCUT2D eigenvalue weighted by Crippen LogP contribution is 2.25. The number of hydrogen-bond acceptors (Lipinski definition) is 2. The molecule has 0 aliphatic rings. The number of hydrogen-bond donors (Lipinski definition) is 1. The van der Waals surface area contributed by atoms with Crippen LogP contribution in [0, 0.1) is 0 Å². The molecule has 5 heteroatoms. The van der Waals surface area contributed by atoms with E-state index in [1.807, 2.05) is 12.1 Å². The van der Waals surface area contributed by atoms with E-state index in [9.17, 15) is 4.79 Å². The van der Waals surface area contributed by atoms with Crippen molar-refractivity contribution in [2.75, 3.05) is 6.54 Å². The van der Waals surface area contributed by atoms with Gasteiger partial charge in [0.05, 0.1) is 10.6 Å². The van der Waals surface area contributed by atoms with E-state index >= 15 is 0 Å². The van der Waals surface area contributed by atoms with Crippen molar-refractivity contribution >= 4 is 33.4 Å². The third kappa shape index (κ3) is 3.78. The summed E-state index contributed by atoms with van der Waals surface area (Å²) in [4.78, 5) is 16.0. The highest BCUT2D eigenvalue weighted by atomic mass is 79.9. The Labute approximate surface area is 125 Å². The van der Waals surface area contributed by atoms with E-state index in [0.29, 0.717) is 21.6 Å². The van der Waals surface area contributed by atoms with E-state index in [4.69, 9.17) is 11.6 Å². The molecule has 0 aliphatic heterocycles. The largest absolute Gasteiger partial charge is 0.352 e. The number of amides is 1. The molecule has 1 amide bonds. The first-order chi connectivity index (χ1) is 9.18. The first-order valence-electron chi connectivity index (χ1n) is 5.79. The van der Waals surface area contributed by atoms with Crippen LogP contribution in [0.4, 0.5) is 0 Å². The van der Waals surface area contributed by atoms with E-state index in [-0.39, 0.29) is 5.91 Å². The predicted molar refractivity (Wildman–Crippen MR) is 79.4 cm³/mol. The summed E-state index contributed by atoms with van der Waals surface area (Å²) < 4.78 is 0.717. The lowest BCUT2D eigenvalue weighted by Crippen LogP contribution is -2.26. The lowest BCUT2D eigenvalue weighted by atomic mass is 10.2. The number of carbonyl (C=O) groups excluding carboxylic acids is 1. The van der Waals surface area contributed by atoms with Gasteiger partial charge >= 0.3 is 0 Å². The lowest BCUT2D eigenvalue weighted by Gasteiger charge is -2.07. The van der Waals surface area contributed by atoms with Gasteiger partial charge in [0.2, 0.25) is 0 Å². The van der Waals surface area contributed by atoms with Gasteiger partial charge in [0.1, 0.15) is 0 Å². The standard InChI is InChI=1S/C14H12BrClN2O/c15-12-5-1-4-11(13(12)16)14(19)18-8-6-10-3-2-7-17-9-10/h1-5,7,9H,6,8H2,(H,18,19). The van der Waals surface area contributed by atoms with Crippen molar-refractivity contribution < 1.29 is 4.79 Å². The Morgan fingerprint density at radius 2 is 2.16 bits per heavy atom. The Balaban J connectivity index is 1.93. The van der Waals surface area contributed by atoms with E-state index in [0.717, 1.165) is 12.0 Å². The second-order valence-electron chi connectivity index (χ2n) is 3.97. The Hall–Kier alpha value is -1.39. The van der Waals surface area contributed by atoms with E-state index < -0.39 is 0 Å². The fourth-order valence-electron chi connectivity index (χ4n) is 1.64. The summed E-state index contributed by atoms with van der Waals surface area (Å²) in [5.41, 5.74) is 1.56. The fourth-order valence-corrected chi connectivity index (χ4v) is 2.22. The quantitative estimate of drug-likeness (QED) is 0.927. The van der Waals surface area contributed by atoms with Gasteiger partial charge in [-0.25, -0.2) is 0 Å². The average Bonchev–Trinajstić information content (AvgIpc) is 2.43. The highest BCUT2D eigenvalue weighted by Gasteiger charge is 2.11. The molecule has 2 aromatic rings. The van der Waals surface area contributed by atoms with Gasteiger partial charge in [-0.3, -0.25) is 9.78 Å². The minimum atomic E-state index is -0.171. The Kier molecular flexibility index (Phi) is 4.93. The Morgan fingerprint density at radius 1 is 1.32 bits per heavy atom. The molecule has 0 fully saturated rings. The van der Waals surface area contributed by atoms with Crippen LogP contribution in [0.15, 0.2) is 47.2 Å². The third-order valence-corrected chi connectivity index (χ3v) is 3.91. The SMILES string of the molecule is O=C(NCCc1cccnc1)c1cccc(Br)c1Cl. The maximum Gasteiger partial charge on any atom is 0.252 e. The zero-order valence-corrected chi connectivity index (χ0v) is 12.4. The third-order valence-electron chi connectivity index (χ3n) is 2.62. The molecule has 1 aromatic carbocycles. The van der Waals surface area contributed by atoms with Gasteiger partial charge in [0.15, 0.2) is 0 Å². The maximum atomic E-state index is 12.0. The summed E-state index contributed by atoms with van der Waals surface area (Å²) >= 11 is 9.37. The van der Waals surface area contributed by atoms with Crippen molar-refractivity contribution in [2.45, 2.75) is 6.42 Å². The van der Waals surface area contributed by atoms with Gasteiger partial charge in [0.25, 0.3) is 5.91 Å². The predicted octanol–water partition coefficient (Wildman–Crippen LogP) is 3.47. The van der Waals surface area contributed by atoms with Crippen LogP contribution in [0.3, 0.4) is 0 Å². The van der Waals surface area contributed by atoms with Gasteiger partial charge in [-0.05, 0) is 46.1 Å². The van der Waals surface area contributed by atoms with Crippen molar-refractivity contribution in [3.05, 3.63) is 63.3 Å². The summed E-state index contributed by atoms with van der Waals surface area (Å²) in [6.07, 6.45) is 4.26. The normalized spacial score (nSPS) is 10.2. The fraction of sp³-hybridized carbons (Fsp3) is 0.143. The number of pyridine rings is 1. The molecule has 0 spiro atoms. The second kappa shape index (κ2) is 6.68. The monoisotopic (exact) mass is 338 g/mol. The van der Waals surface area contributed by atoms with Crippen LogP contribution >= 0.6 is 27.5 Å². The van der Waals surface area contributed by atoms with Crippen LogP contribution in [-0.2, 0) is 6.42 Å². The first-order valence-corrected chi connectivity index (χ1v) is 6.96. The van der Waals surface area contributed by atoms with Crippen LogP contribution < -0.4 is 5.32 Å². The number of carbonyl (C=O) groups is 1. The van der Waals surface area contributed by atoms with Crippen molar-refractivity contribution in [1.29, 1.82) is 0 Å². The molecule has 1 N–H and O–H groups in total. The number of halogens is 2. The second-order valence-corrected chi connectivity index (χ2v) is 5.20. The van der Waals surface area contributed by atoms with Crippen LogP contribution in [-0.4, -0.2) is 17.4 Å². The molecule has 0 saturated carbocycles. The summed E-state index contributed by atoms with van der Waals surface area (Å²) in [7, 11) is 0. The van der Waals surface area contributed by atoms with Crippen LogP contribution in [0.2, 0.25) is 5.02 Å². The molecule has 19 heavy (non-hydrogen) atoms. The molecule has 3 nitrogen and oxygen atoms in total. The molecule has 0 radical (unpaired) electrons. The zero-order chi connectivity index (χ0) is 13.7. The van der Waals surface area contributed by atoms with Crippen molar-refractivity contribution in [3.63, 3.8) is 0 Å². The minimum absolute atomic E-state index is 0.171. The van der Waals surface area contributed by atoms with Crippen LogP contribution in [0.25, 0.3) is 0 Å². The van der Waals surface area contributed by atoms with Crippen LogP contribution in [0.5, 0.6) is 0 Å². The van der Waals surface area contributed by atoms with E-state index in [1.54, 1.807) is 30.6 Å². The maximum absolute atomic E-state index is 12.0. The average molecular weight is 340 g/mol.